The van der Waals surface area contributed by atoms with Gasteiger partial charge < -0.3 is 14.6 Å². The fraction of sp³-hybridized carbons (Fsp3) is 0.333. The third-order valence-electron chi connectivity index (χ3n) is 4.10. The molecule has 1 unspecified atom stereocenters. The first-order chi connectivity index (χ1) is 11.6. The largest absolute Gasteiger partial charge is 0.469 e. The highest BCUT2D eigenvalue weighted by molar-refractivity contribution is 6.33. The fourth-order valence-electron chi connectivity index (χ4n) is 2.88. The molecule has 2 aromatic rings. The summed E-state index contributed by atoms with van der Waals surface area (Å²) in [5, 5.41) is 3.37. The number of para-hydroxylation sites is 1. The van der Waals surface area contributed by atoms with E-state index in [9.17, 15) is 9.59 Å². The van der Waals surface area contributed by atoms with Crippen LogP contribution in [-0.2, 0) is 16.0 Å². The van der Waals surface area contributed by atoms with Crippen molar-refractivity contribution in [2.45, 2.75) is 31.7 Å². The number of nitrogens with zero attached hydrogens (tertiary/aromatic N) is 1. The zero-order chi connectivity index (χ0) is 16.9. The van der Waals surface area contributed by atoms with Crippen molar-refractivity contribution >= 4 is 29.1 Å². The van der Waals surface area contributed by atoms with Crippen molar-refractivity contribution in [3.05, 3.63) is 53.4 Å². The van der Waals surface area contributed by atoms with Crippen LogP contribution in [0.5, 0.6) is 0 Å². The van der Waals surface area contributed by atoms with Crippen molar-refractivity contribution in [3.8, 4) is 0 Å². The molecule has 2 heterocycles. The minimum Gasteiger partial charge on any atom is -0.469 e. The number of rotatable bonds is 5. The molecule has 6 heteroatoms. The summed E-state index contributed by atoms with van der Waals surface area (Å²) < 4.78 is 5.21. The lowest BCUT2D eigenvalue weighted by Gasteiger charge is -2.33. The average Bonchev–Trinajstić information content (AvgIpc) is 3.09. The molecule has 1 saturated heterocycles. The third kappa shape index (κ3) is 3.79. The van der Waals surface area contributed by atoms with Gasteiger partial charge in [0.2, 0.25) is 11.8 Å². The summed E-state index contributed by atoms with van der Waals surface area (Å²) in [5.74, 6) is 0.504. The highest BCUT2D eigenvalue weighted by Gasteiger charge is 2.31. The Labute approximate surface area is 145 Å². The van der Waals surface area contributed by atoms with Crippen LogP contribution < -0.4 is 10.2 Å². The van der Waals surface area contributed by atoms with E-state index in [4.69, 9.17) is 16.0 Å². The summed E-state index contributed by atoms with van der Waals surface area (Å²) in [4.78, 5) is 26.4. The van der Waals surface area contributed by atoms with Crippen LogP contribution in [-0.4, -0.2) is 24.4 Å². The minimum atomic E-state index is -0.501. The topological polar surface area (TPSA) is 62.6 Å². The molecule has 0 aliphatic carbocycles. The summed E-state index contributed by atoms with van der Waals surface area (Å²) in [6.45, 7) is 0.612. The predicted octanol–water partition coefficient (Wildman–Crippen LogP) is 3.18. The molecule has 1 aromatic carbocycles. The third-order valence-corrected chi connectivity index (χ3v) is 4.42. The Morgan fingerprint density at radius 2 is 2.12 bits per heavy atom. The Bertz CT molecular complexity index is 715. The maximum absolute atomic E-state index is 12.7. The van der Waals surface area contributed by atoms with E-state index in [1.165, 1.54) is 0 Å². The number of carbonyl (C=O) groups excluding carboxylic acids is 2. The Kier molecular flexibility index (Phi) is 5.20. The van der Waals surface area contributed by atoms with Gasteiger partial charge in [-0.25, -0.2) is 0 Å². The minimum absolute atomic E-state index is 0.110. The normalized spacial score (nSPS) is 17.8. The molecular formula is C18H19ClN2O3. The molecule has 0 radical (unpaired) electrons. The van der Waals surface area contributed by atoms with Crippen LogP contribution in [0.1, 0.15) is 25.0 Å². The number of halogens is 1. The maximum atomic E-state index is 12.7. The molecule has 1 aromatic heterocycles. The monoisotopic (exact) mass is 346 g/mol. The van der Waals surface area contributed by atoms with Gasteiger partial charge in [0.15, 0.2) is 0 Å². The van der Waals surface area contributed by atoms with E-state index in [1.807, 2.05) is 24.3 Å². The smallest absolute Gasteiger partial charge is 0.249 e. The predicted molar refractivity (Wildman–Crippen MR) is 92.0 cm³/mol. The molecule has 0 saturated carbocycles. The quantitative estimate of drug-likeness (QED) is 0.904. The zero-order valence-corrected chi connectivity index (χ0v) is 14.0. The number of aryl methyl sites for hydroxylation is 1. The molecule has 1 fully saturated rings. The SMILES string of the molecule is O=C(CCc1ccco1)NC1CCCN(c2ccccc2Cl)C1=O. The van der Waals surface area contributed by atoms with Gasteiger partial charge in [-0.15, -0.1) is 0 Å². The Hall–Kier alpha value is -2.27. The molecular weight excluding hydrogens is 328 g/mol. The summed E-state index contributed by atoms with van der Waals surface area (Å²) in [5.41, 5.74) is 0.693. The Morgan fingerprint density at radius 1 is 1.29 bits per heavy atom. The Balaban J connectivity index is 1.60. The van der Waals surface area contributed by atoms with Gasteiger partial charge in [-0.1, -0.05) is 23.7 Å². The lowest BCUT2D eigenvalue weighted by Crippen LogP contribution is -2.52. The van der Waals surface area contributed by atoms with Crippen molar-refractivity contribution in [3.63, 3.8) is 0 Å². The highest BCUT2D eigenvalue weighted by atomic mass is 35.5. The molecule has 5 nitrogen and oxygen atoms in total. The van der Waals surface area contributed by atoms with Crippen molar-refractivity contribution in [1.29, 1.82) is 0 Å². The van der Waals surface area contributed by atoms with Gasteiger partial charge in [0, 0.05) is 19.4 Å². The number of amides is 2. The second-order valence-electron chi connectivity index (χ2n) is 5.78. The molecule has 0 spiro atoms. The van der Waals surface area contributed by atoms with E-state index in [2.05, 4.69) is 5.32 Å². The molecule has 24 heavy (non-hydrogen) atoms. The van der Waals surface area contributed by atoms with E-state index in [-0.39, 0.29) is 11.8 Å². The fourth-order valence-corrected chi connectivity index (χ4v) is 3.11. The van der Waals surface area contributed by atoms with Crippen LogP contribution in [0.2, 0.25) is 5.02 Å². The molecule has 126 valence electrons. The molecule has 1 aliphatic heterocycles. The average molecular weight is 347 g/mol. The van der Waals surface area contributed by atoms with Crippen LogP contribution in [0.4, 0.5) is 5.69 Å². The standard InChI is InChI=1S/C18H19ClN2O3/c19-14-6-1-2-8-16(14)21-11-3-7-15(18(21)23)20-17(22)10-9-13-5-4-12-24-13/h1-2,4-6,8,12,15H,3,7,9-11H2,(H,20,22). The van der Waals surface area contributed by atoms with Gasteiger partial charge in [0.1, 0.15) is 11.8 Å². The maximum Gasteiger partial charge on any atom is 0.249 e. The van der Waals surface area contributed by atoms with E-state index < -0.39 is 6.04 Å². The van der Waals surface area contributed by atoms with E-state index in [0.717, 1.165) is 12.2 Å². The molecule has 1 aliphatic rings. The molecule has 3 rings (SSSR count). The lowest BCUT2D eigenvalue weighted by atomic mass is 10.0. The van der Waals surface area contributed by atoms with Crippen molar-refractivity contribution in [2.24, 2.45) is 0 Å². The summed E-state index contributed by atoms with van der Waals surface area (Å²) >= 11 is 6.19. The van der Waals surface area contributed by atoms with Gasteiger partial charge in [-0.2, -0.15) is 0 Å². The molecule has 0 bridgehead atoms. The van der Waals surface area contributed by atoms with Gasteiger partial charge in [-0.3, -0.25) is 9.59 Å². The van der Waals surface area contributed by atoms with Crippen molar-refractivity contribution in [1.82, 2.24) is 5.32 Å². The second kappa shape index (κ2) is 7.53. The number of benzene rings is 1. The summed E-state index contributed by atoms with van der Waals surface area (Å²) in [7, 11) is 0. The summed E-state index contributed by atoms with van der Waals surface area (Å²) in [6, 6.07) is 10.4. The van der Waals surface area contributed by atoms with Crippen LogP contribution in [0, 0.1) is 0 Å². The number of anilines is 1. The molecule has 1 atom stereocenters. The Morgan fingerprint density at radius 3 is 2.88 bits per heavy atom. The second-order valence-corrected chi connectivity index (χ2v) is 6.19. The molecule has 2 amide bonds. The van der Waals surface area contributed by atoms with Gasteiger partial charge in [0.05, 0.1) is 17.0 Å². The number of nitrogens with one attached hydrogen (secondary N) is 1. The lowest BCUT2D eigenvalue weighted by molar-refractivity contribution is -0.128. The van der Waals surface area contributed by atoms with E-state index >= 15 is 0 Å². The number of furan rings is 1. The van der Waals surface area contributed by atoms with Crippen molar-refractivity contribution < 1.29 is 14.0 Å². The first-order valence-corrected chi connectivity index (χ1v) is 8.40. The van der Waals surface area contributed by atoms with Crippen LogP contribution in [0.25, 0.3) is 0 Å². The van der Waals surface area contributed by atoms with Crippen molar-refractivity contribution in [2.75, 3.05) is 11.4 Å². The van der Waals surface area contributed by atoms with Gasteiger partial charge >= 0.3 is 0 Å². The van der Waals surface area contributed by atoms with Crippen LogP contribution in [0.3, 0.4) is 0 Å². The van der Waals surface area contributed by atoms with Gasteiger partial charge in [-0.05, 0) is 37.1 Å². The number of piperidine rings is 1. The highest BCUT2D eigenvalue weighted by Crippen LogP contribution is 2.28. The number of hydrogen-bond acceptors (Lipinski definition) is 3. The van der Waals surface area contributed by atoms with Crippen LogP contribution in [0.15, 0.2) is 47.1 Å². The van der Waals surface area contributed by atoms with Crippen LogP contribution >= 0.6 is 11.6 Å². The summed E-state index contributed by atoms with van der Waals surface area (Å²) in [6.07, 6.45) is 3.86. The van der Waals surface area contributed by atoms with E-state index in [0.29, 0.717) is 36.5 Å². The number of hydrogen-bond donors (Lipinski definition) is 1. The van der Waals surface area contributed by atoms with Gasteiger partial charge in [0.25, 0.3) is 0 Å². The first-order valence-electron chi connectivity index (χ1n) is 8.03. The van der Waals surface area contributed by atoms with E-state index in [1.54, 1.807) is 23.3 Å². The zero-order valence-electron chi connectivity index (χ0n) is 13.2. The first kappa shape index (κ1) is 16.6. The molecule has 1 N–H and O–H groups in total. The number of carbonyl (C=O) groups is 2.